The largest absolute Gasteiger partial charge is 0.316 e. The van der Waals surface area contributed by atoms with Gasteiger partial charge in [-0.15, -0.1) is 0 Å². The molecule has 17 heavy (non-hydrogen) atoms. The summed E-state index contributed by atoms with van der Waals surface area (Å²) in [5.41, 5.74) is 0.991. The molecule has 0 aromatic heterocycles. The summed E-state index contributed by atoms with van der Waals surface area (Å²) in [5, 5.41) is 3.31. The van der Waals surface area contributed by atoms with E-state index in [0.717, 1.165) is 36.0 Å². The molecule has 1 fully saturated rings. The van der Waals surface area contributed by atoms with Gasteiger partial charge in [0.2, 0.25) is 0 Å². The molecule has 0 spiro atoms. The maximum atomic E-state index is 12.4. The van der Waals surface area contributed by atoms with Crippen molar-refractivity contribution in [1.29, 1.82) is 0 Å². The van der Waals surface area contributed by atoms with Crippen LogP contribution in [-0.2, 0) is 11.2 Å². The number of benzene rings is 1. The van der Waals surface area contributed by atoms with Gasteiger partial charge < -0.3 is 5.32 Å². The molecule has 1 aromatic rings. The lowest BCUT2D eigenvalue weighted by Crippen LogP contribution is -2.34. The summed E-state index contributed by atoms with van der Waals surface area (Å²) in [6, 6.07) is 8.03. The molecule has 2 rings (SSSR count). The van der Waals surface area contributed by atoms with Crippen molar-refractivity contribution < 1.29 is 4.79 Å². The number of halogens is 1. The molecule has 0 radical (unpaired) electrons. The van der Waals surface area contributed by atoms with Crippen LogP contribution in [0.25, 0.3) is 0 Å². The molecule has 1 aliphatic heterocycles. The number of carbonyl (C=O) groups is 1. The smallest absolute Gasteiger partial charge is 0.144 e. The Hall–Kier alpha value is -0.670. The van der Waals surface area contributed by atoms with Gasteiger partial charge in [-0.25, -0.2) is 0 Å². The Morgan fingerprint density at radius 2 is 2.12 bits per heavy atom. The second-order valence-corrected chi connectivity index (χ2v) is 5.70. The summed E-state index contributed by atoms with van der Waals surface area (Å²) in [4.78, 5) is 12.4. The Balaban J connectivity index is 2.08. The van der Waals surface area contributed by atoms with Gasteiger partial charge in [0.15, 0.2) is 0 Å². The first-order valence-corrected chi connectivity index (χ1v) is 6.94. The quantitative estimate of drug-likeness (QED) is 0.925. The molecule has 1 aliphatic rings. The predicted octanol–water partition coefficient (Wildman–Crippen LogP) is 2.95. The van der Waals surface area contributed by atoms with Gasteiger partial charge in [-0.1, -0.05) is 35.0 Å². The second-order valence-electron chi connectivity index (χ2n) is 4.79. The number of Topliss-reactive ketones (excluding diaryl/α,β-unsaturated/α-hetero) is 1. The standard InChI is InChI=1S/C14H18BrNO/c1-2-14(7-8-16-10-14)13(17)9-11-3-5-12(15)6-4-11/h3-6,16H,2,7-10H2,1H3. The molecule has 2 nitrogen and oxygen atoms in total. The molecule has 0 amide bonds. The van der Waals surface area contributed by atoms with E-state index in [0.29, 0.717) is 12.2 Å². The molecule has 0 saturated carbocycles. The van der Waals surface area contributed by atoms with Gasteiger partial charge in [-0.3, -0.25) is 4.79 Å². The highest BCUT2D eigenvalue weighted by Gasteiger charge is 2.38. The van der Waals surface area contributed by atoms with E-state index in [1.807, 2.05) is 24.3 Å². The van der Waals surface area contributed by atoms with E-state index in [4.69, 9.17) is 0 Å². The van der Waals surface area contributed by atoms with Crippen molar-refractivity contribution >= 4 is 21.7 Å². The Kier molecular flexibility index (Phi) is 4.00. The van der Waals surface area contributed by atoms with Crippen LogP contribution >= 0.6 is 15.9 Å². The first kappa shape index (κ1) is 12.8. The minimum Gasteiger partial charge on any atom is -0.316 e. The summed E-state index contributed by atoms with van der Waals surface area (Å²) < 4.78 is 1.06. The van der Waals surface area contributed by atoms with E-state index in [2.05, 4.69) is 28.2 Å². The number of ketones is 1. The highest BCUT2D eigenvalue weighted by Crippen LogP contribution is 2.31. The highest BCUT2D eigenvalue weighted by molar-refractivity contribution is 9.10. The molecule has 1 aromatic carbocycles. The van der Waals surface area contributed by atoms with E-state index in [9.17, 15) is 4.79 Å². The first-order valence-electron chi connectivity index (χ1n) is 6.15. The zero-order chi connectivity index (χ0) is 12.3. The van der Waals surface area contributed by atoms with Crippen molar-refractivity contribution in [2.75, 3.05) is 13.1 Å². The van der Waals surface area contributed by atoms with Crippen LogP contribution in [0, 0.1) is 5.41 Å². The van der Waals surface area contributed by atoms with Crippen molar-refractivity contribution in [2.24, 2.45) is 5.41 Å². The van der Waals surface area contributed by atoms with Crippen molar-refractivity contribution in [3.8, 4) is 0 Å². The zero-order valence-electron chi connectivity index (χ0n) is 10.1. The van der Waals surface area contributed by atoms with Crippen molar-refractivity contribution in [2.45, 2.75) is 26.2 Å². The van der Waals surface area contributed by atoms with E-state index in [1.54, 1.807) is 0 Å². The van der Waals surface area contributed by atoms with Gasteiger partial charge in [-0.05, 0) is 37.1 Å². The lowest BCUT2D eigenvalue weighted by Gasteiger charge is -2.24. The molecule has 1 atom stereocenters. The fraction of sp³-hybridized carbons (Fsp3) is 0.500. The van der Waals surface area contributed by atoms with Crippen LogP contribution in [0.5, 0.6) is 0 Å². The number of hydrogen-bond donors (Lipinski definition) is 1. The SMILES string of the molecule is CCC1(C(=O)Cc2ccc(Br)cc2)CCNC1. The Labute approximate surface area is 111 Å². The van der Waals surface area contributed by atoms with Crippen LogP contribution in [0.1, 0.15) is 25.3 Å². The second kappa shape index (κ2) is 5.32. The fourth-order valence-corrected chi connectivity index (χ4v) is 2.72. The Bertz CT molecular complexity index is 393. The first-order chi connectivity index (χ1) is 8.16. The zero-order valence-corrected chi connectivity index (χ0v) is 11.7. The van der Waals surface area contributed by atoms with Crippen LogP contribution in [-0.4, -0.2) is 18.9 Å². The summed E-state index contributed by atoms with van der Waals surface area (Å²) in [5.74, 6) is 0.382. The number of hydrogen-bond acceptors (Lipinski definition) is 2. The van der Waals surface area contributed by atoms with E-state index < -0.39 is 0 Å². The number of rotatable bonds is 4. The lowest BCUT2D eigenvalue weighted by atomic mass is 9.78. The average molecular weight is 296 g/mol. The van der Waals surface area contributed by atoms with E-state index >= 15 is 0 Å². The highest BCUT2D eigenvalue weighted by atomic mass is 79.9. The van der Waals surface area contributed by atoms with Gasteiger partial charge in [0, 0.05) is 22.9 Å². The summed E-state index contributed by atoms with van der Waals surface area (Å²) >= 11 is 3.41. The van der Waals surface area contributed by atoms with Crippen LogP contribution < -0.4 is 5.32 Å². The molecule has 0 bridgehead atoms. The molecule has 1 saturated heterocycles. The van der Waals surface area contributed by atoms with Gasteiger partial charge in [0.1, 0.15) is 5.78 Å². The van der Waals surface area contributed by atoms with Gasteiger partial charge in [0.25, 0.3) is 0 Å². The minimum absolute atomic E-state index is 0.118. The molecule has 1 unspecified atom stereocenters. The molecule has 3 heteroatoms. The van der Waals surface area contributed by atoms with Gasteiger partial charge >= 0.3 is 0 Å². The summed E-state index contributed by atoms with van der Waals surface area (Å²) in [7, 11) is 0. The maximum absolute atomic E-state index is 12.4. The Morgan fingerprint density at radius 3 is 2.65 bits per heavy atom. The molecular weight excluding hydrogens is 278 g/mol. The summed E-state index contributed by atoms with van der Waals surface area (Å²) in [6.45, 7) is 3.94. The van der Waals surface area contributed by atoms with Crippen molar-refractivity contribution in [3.63, 3.8) is 0 Å². The molecule has 1 heterocycles. The van der Waals surface area contributed by atoms with Gasteiger partial charge in [0.05, 0.1) is 0 Å². The average Bonchev–Trinajstić information content (AvgIpc) is 2.82. The topological polar surface area (TPSA) is 29.1 Å². The minimum atomic E-state index is -0.118. The van der Waals surface area contributed by atoms with Crippen LogP contribution in [0.15, 0.2) is 28.7 Å². The monoisotopic (exact) mass is 295 g/mol. The fourth-order valence-electron chi connectivity index (χ4n) is 2.46. The van der Waals surface area contributed by atoms with Crippen LogP contribution in [0.3, 0.4) is 0 Å². The van der Waals surface area contributed by atoms with E-state index in [-0.39, 0.29) is 5.41 Å². The maximum Gasteiger partial charge on any atom is 0.144 e. The number of carbonyl (C=O) groups excluding carboxylic acids is 1. The lowest BCUT2D eigenvalue weighted by molar-refractivity contribution is -0.127. The molecule has 1 N–H and O–H groups in total. The van der Waals surface area contributed by atoms with Crippen molar-refractivity contribution in [3.05, 3.63) is 34.3 Å². The van der Waals surface area contributed by atoms with Gasteiger partial charge in [-0.2, -0.15) is 0 Å². The third-order valence-electron chi connectivity index (χ3n) is 3.79. The third kappa shape index (κ3) is 2.78. The van der Waals surface area contributed by atoms with Crippen molar-refractivity contribution in [1.82, 2.24) is 5.32 Å². The molecule has 0 aliphatic carbocycles. The predicted molar refractivity (Wildman–Crippen MR) is 73.1 cm³/mol. The number of nitrogens with one attached hydrogen (secondary N) is 1. The van der Waals surface area contributed by atoms with E-state index in [1.165, 1.54) is 0 Å². The molecule has 92 valence electrons. The van der Waals surface area contributed by atoms with Crippen LogP contribution in [0.2, 0.25) is 0 Å². The normalized spacial score (nSPS) is 23.9. The third-order valence-corrected chi connectivity index (χ3v) is 4.32. The summed E-state index contributed by atoms with van der Waals surface area (Å²) in [6.07, 6.45) is 2.48. The Morgan fingerprint density at radius 1 is 1.41 bits per heavy atom. The molecular formula is C14H18BrNO. The van der Waals surface area contributed by atoms with Crippen LogP contribution in [0.4, 0.5) is 0 Å².